The topological polar surface area (TPSA) is 55.4 Å². The summed E-state index contributed by atoms with van der Waals surface area (Å²) in [5.74, 6) is 0.844. The lowest BCUT2D eigenvalue weighted by Gasteiger charge is -2.39. The molecule has 2 saturated heterocycles. The van der Waals surface area contributed by atoms with Crippen LogP contribution in [0, 0.1) is 0 Å². The summed E-state index contributed by atoms with van der Waals surface area (Å²) in [5, 5.41) is 0.999. The first-order valence-electron chi connectivity index (χ1n) is 14.2. The van der Waals surface area contributed by atoms with Crippen LogP contribution in [-0.4, -0.2) is 59.8 Å². The highest BCUT2D eigenvalue weighted by Crippen LogP contribution is 2.40. The lowest BCUT2D eigenvalue weighted by molar-refractivity contribution is -0.161. The highest BCUT2D eigenvalue weighted by molar-refractivity contribution is 6.74. The molecule has 8 heteroatoms. The molecule has 6 nitrogen and oxygen atoms in total. The summed E-state index contributed by atoms with van der Waals surface area (Å²) < 4.78 is 36.1. The normalized spacial score (nSPS) is 25.1. The molecule has 0 bridgehead atoms. The molecule has 2 heterocycles. The van der Waals surface area contributed by atoms with Crippen LogP contribution in [0.3, 0.4) is 0 Å². The number of hydrogen-bond donors (Lipinski definition) is 0. The fourth-order valence-electron chi connectivity index (χ4n) is 4.49. The van der Waals surface area contributed by atoms with Crippen molar-refractivity contribution >= 4 is 19.9 Å². The van der Waals surface area contributed by atoms with Gasteiger partial charge in [-0.2, -0.15) is 0 Å². The lowest BCUT2D eigenvalue weighted by Crippen LogP contribution is -2.46. The molecule has 0 spiro atoms. The second kappa shape index (κ2) is 15.2. The molecule has 2 aliphatic rings. The maximum absolute atomic E-state index is 6.82. The zero-order chi connectivity index (χ0) is 27.6. The van der Waals surface area contributed by atoms with Crippen LogP contribution in [0.1, 0.15) is 71.3 Å². The minimum absolute atomic E-state index is 0.0309. The molecule has 0 aromatic heterocycles. The van der Waals surface area contributed by atoms with E-state index in [9.17, 15) is 0 Å². The van der Waals surface area contributed by atoms with Crippen molar-refractivity contribution in [3.8, 4) is 5.75 Å². The molecule has 2 fully saturated rings. The third kappa shape index (κ3) is 10.2. The van der Waals surface area contributed by atoms with E-state index in [1.807, 2.05) is 24.3 Å². The first-order chi connectivity index (χ1) is 18.1. The van der Waals surface area contributed by atoms with Crippen LogP contribution in [0.4, 0.5) is 0 Å². The minimum Gasteiger partial charge on any atom is -0.497 e. The molecule has 0 saturated carbocycles. The van der Waals surface area contributed by atoms with Crippen LogP contribution in [0.5, 0.6) is 5.75 Å². The molecule has 216 valence electrons. The van der Waals surface area contributed by atoms with Crippen molar-refractivity contribution in [2.24, 2.45) is 0 Å². The van der Waals surface area contributed by atoms with Gasteiger partial charge < -0.3 is 28.1 Å². The Morgan fingerprint density at radius 3 is 2.58 bits per heavy atom. The molecule has 1 aromatic carbocycles. The van der Waals surface area contributed by atoms with E-state index in [2.05, 4.69) is 39.9 Å². The number of methoxy groups -OCH3 is 1. The fourth-order valence-corrected chi connectivity index (χ4v) is 6.06. The van der Waals surface area contributed by atoms with Gasteiger partial charge in [-0.05, 0) is 74.4 Å². The van der Waals surface area contributed by atoms with Gasteiger partial charge in [-0.15, -0.1) is 0 Å². The van der Waals surface area contributed by atoms with Gasteiger partial charge in [0.2, 0.25) is 0 Å². The smallest absolute Gasteiger partial charge is 0.192 e. The summed E-state index contributed by atoms with van der Waals surface area (Å²) in [6.45, 7) is 13.9. The van der Waals surface area contributed by atoms with Gasteiger partial charge in [0.1, 0.15) is 11.9 Å². The summed E-state index contributed by atoms with van der Waals surface area (Å²) in [7, 11) is -0.274. The molecule has 0 amide bonds. The van der Waals surface area contributed by atoms with Gasteiger partial charge in [0.15, 0.2) is 14.6 Å². The van der Waals surface area contributed by atoms with Crippen LogP contribution < -0.4 is 4.74 Å². The molecule has 3 rings (SSSR count). The van der Waals surface area contributed by atoms with Crippen molar-refractivity contribution in [2.45, 2.75) is 115 Å². The number of hydrogen-bond acceptors (Lipinski definition) is 6. The average molecular weight is 569 g/mol. The summed E-state index contributed by atoms with van der Waals surface area (Å²) in [5.41, 5.74) is 1.11. The Morgan fingerprint density at radius 1 is 1.16 bits per heavy atom. The predicted octanol–water partition coefficient (Wildman–Crippen LogP) is 7.60. The highest BCUT2D eigenvalue weighted by atomic mass is 35.5. The fraction of sp³-hybridized carbons (Fsp3) is 0.733. The van der Waals surface area contributed by atoms with Gasteiger partial charge in [0.05, 0.1) is 39.1 Å². The van der Waals surface area contributed by atoms with Gasteiger partial charge in [0, 0.05) is 18.1 Å². The molecule has 4 atom stereocenters. The number of allylic oxidation sites excluding steroid dienone is 1. The molecule has 1 aromatic rings. The van der Waals surface area contributed by atoms with Crippen molar-refractivity contribution in [1.29, 1.82) is 0 Å². The number of ether oxygens (including phenoxy) is 5. The Hall–Kier alpha value is -0.933. The predicted molar refractivity (Wildman–Crippen MR) is 155 cm³/mol. The van der Waals surface area contributed by atoms with Crippen molar-refractivity contribution in [3.63, 3.8) is 0 Å². The van der Waals surface area contributed by atoms with Crippen molar-refractivity contribution in [2.75, 3.05) is 26.9 Å². The minimum atomic E-state index is -1.95. The summed E-state index contributed by atoms with van der Waals surface area (Å²) in [6.07, 6.45) is 8.69. The van der Waals surface area contributed by atoms with Crippen molar-refractivity contribution in [1.82, 2.24) is 0 Å². The number of benzene rings is 1. The van der Waals surface area contributed by atoms with Crippen LogP contribution >= 0.6 is 11.6 Å². The van der Waals surface area contributed by atoms with E-state index in [-0.39, 0.29) is 29.6 Å². The van der Waals surface area contributed by atoms with Gasteiger partial charge in [0.25, 0.3) is 0 Å². The third-order valence-electron chi connectivity index (χ3n) is 7.87. The van der Waals surface area contributed by atoms with Crippen LogP contribution in [0.2, 0.25) is 18.1 Å². The standard InChI is InChI=1S/C30H49ClO6Si/c1-30(2,3)38(5,6)37-27-20-26(17-14-24(31)10-9-19-35-29-11-7-8-18-34-29)36-28(27)22-33-21-23-12-15-25(32-4)16-13-23/h10,12-13,15-16,26-29H,7-9,11,14,17-22H2,1-6H3/b24-10+/t26-,27-,28-,29?/m0/s1. The molecule has 2 aliphatic heterocycles. The van der Waals surface area contributed by atoms with Gasteiger partial charge in [-0.25, -0.2) is 0 Å². The van der Waals surface area contributed by atoms with E-state index in [1.54, 1.807) is 7.11 Å². The van der Waals surface area contributed by atoms with E-state index in [4.69, 9.17) is 39.7 Å². The van der Waals surface area contributed by atoms with E-state index >= 15 is 0 Å². The summed E-state index contributed by atoms with van der Waals surface area (Å²) in [4.78, 5) is 0. The average Bonchev–Trinajstić information content (AvgIpc) is 3.26. The zero-order valence-corrected chi connectivity index (χ0v) is 26.1. The summed E-state index contributed by atoms with van der Waals surface area (Å²) >= 11 is 6.55. The Labute approximate surface area is 236 Å². The third-order valence-corrected chi connectivity index (χ3v) is 12.7. The van der Waals surface area contributed by atoms with Crippen LogP contribution in [0.15, 0.2) is 35.4 Å². The molecule has 38 heavy (non-hydrogen) atoms. The molecule has 1 unspecified atom stereocenters. The monoisotopic (exact) mass is 568 g/mol. The van der Waals surface area contributed by atoms with Gasteiger partial charge in [-0.3, -0.25) is 0 Å². The molecular weight excluding hydrogens is 520 g/mol. The Bertz CT molecular complexity index is 847. The first kappa shape index (κ1) is 31.6. The molecule has 0 N–H and O–H groups in total. The largest absolute Gasteiger partial charge is 0.497 e. The van der Waals surface area contributed by atoms with E-state index in [1.165, 1.54) is 6.42 Å². The van der Waals surface area contributed by atoms with Crippen LogP contribution in [0.25, 0.3) is 0 Å². The van der Waals surface area contributed by atoms with Gasteiger partial charge >= 0.3 is 0 Å². The SMILES string of the molecule is COc1ccc(COC[C@@H]2O[C@@H](CC/C(Cl)=C\CCOC3CCCCO3)C[C@@H]2O[Si](C)(C)C(C)(C)C)cc1. The number of halogens is 1. The van der Waals surface area contributed by atoms with E-state index in [0.717, 1.165) is 61.5 Å². The Kier molecular flexibility index (Phi) is 12.6. The van der Waals surface area contributed by atoms with E-state index < -0.39 is 8.32 Å². The molecule has 0 radical (unpaired) electrons. The zero-order valence-electron chi connectivity index (χ0n) is 24.3. The number of rotatable bonds is 14. The maximum Gasteiger partial charge on any atom is 0.192 e. The Morgan fingerprint density at radius 2 is 1.92 bits per heavy atom. The summed E-state index contributed by atoms with van der Waals surface area (Å²) in [6, 6.07) is 7.97. The second-order valence-corrected chi connectivity index (χ2v) is 17.2. The van der Waals surface area contributed by atoms with E-state index in [0.29, 0.717) is 19.8 Å². The molecular formula is C30H49ClO6Si. The quantitative estimate of drug-likeness (QED) is 0.170. The lowest BCUT2D eigenvalue weighted by atomic mass is 10.1. The van der Waals surface area contributed by atoms with Crippen LogP contribution in [-0.2, 0) is 30.0 Å². The van der Waals surface area contributed by atoms with Crippen molar-refractivity contribution < 1.29 is 28.1 Å². The molecule has 0 aliphatic carbocycles. The maximum atomic E-state index is 6.82. The second-order valence-electron chi connectivity index (χ2n) is 12.0. The first-order valence-corrected chi connectivity index (χ1v) is 17.5. The van der Waals surface area contributed by atoms with Gasteiger partial charge in [-0.1, -0.05) is 50.6 Å². The highest BCUT2D eigenvalue weighted by Gasteiger charge is 2.44. The van der Waals surface area contributed by atoms with Crippen molar-refractivity contribution in [3.05, 3.63) is 40.9 Å². The Balaban J connectivity index is 1.48.